The third-order valence-corrected chi connectivity index (χ3v) is 6.17. The maximum Gasteiger partial charge on any atom is 0.303 e. The maximum atomic E-state index is 12.9. The van der Waals surface area contributed by atoms with Crippen LogP contribution >= 0.6 is 0 Å². The molecule has 25 heavy (non-hydrogen) atoms. The van der Waals surface area contributed by atoms with Crippen molar-refractivity contribution in [2.45, 2.75) is 72.8 Å². The zero-order valence-electron chi connectivity index (χ0n) is 16.4. The van der Waals surface area contributed by atoms with Gasteiger partial charge in [0, 0.05) is 25.2 Å². The first-order valence-electron chi connectivity index (χ1n) is 9.33. The summed E-state index contributed by atoms with van der Waals surface area (Å²) in [4.78, 5) is 24.3. The Balaban J connectivity index is 2.39. The highest BCUT2D eigenvalue weighted by atomic mass is 16.5. The Bertz CT molecular complexity index is 625. The van der Waals surface area contributed by atoms with Crippen LogP contribution in [0.5, 0.6) is 0 Å². The standard InChI is InChI=1S/C22H32O3/c1-14(2)18-13-21(24)22(6)12-11-16(4)20(25-17(5)23)10-8-15(3)7-9-19(18)22/h8,11,18-20H,1,7,9-10,12-13H2,2-6H3. The zero-order chi connectivity index (χ0) is 18.8. The number of hydrogen-bond donors (Lipinski definition) is 0. The minimum atomic E-state index is -0.351. The second-order valence-corrected chi connectivity index (χ2v) is 8.18. The van der Waals surface area contributed by atoms with E-state index in [4.69, 9.17) is 4.74 Å². The van der Waals surface area contributed by atoms with Crippen LogP contribution in [0.4, 0.5) is 0 Å². The third kappa shape index (κ3) is 4.31. The smallest absolute Gasteiger partial charge is 0.303 e. The molecule has 2 rings (SSSR count). The molecule has 0 amide bonds. The minimum Gasteiger partial charge on any atom is -0.458 e. The van der Waals surface area contributed by atoms with Gasteiger partial charge in [-0.2, -0.15) is 0 Å². The van der Waals surface area contributed by atoms with Gasteiger partial charge in [-0.1, -0.05) is 36.8 Å². The summed E-state index contributed by atoms with van der Waals surface area (Å²) < 4.78 is 5.50. The highest BCUT2D eigenvalue weighted by molar-refractivity contribution is 5.88. The quantitative estimate of drug-likeness (QED) is 0.512. The Hall–Kier alpha value is -1.64. The van der Waals surface area contributed by atoms with E-state index in [-0.39, 0.29) is 23.4 Å². The van der Waals surface area contributed by atoms with Crippen LogP contribution in [0.25, 0.3) is 0 Å². The Morgan fingerprint density at radius 1 is 1.28 bits per heavy atom. The molecule has 4 unspecified atom stereocenters. The van der Waals surface area contributed by atoms with Gasteiger partial charge in [-0.15, -0.1) is 0 Å². The molecule has 0 aromatic heterocycles. The van der Waals surface area contributed by atoms with Gasteiger partial charge >= 0.3 is 5.97 Å². The predicted octanol–water partition coefficient (Wildman–Crippen LogP) is 5.17. The summed E-state index contributed by atoms with van der Waals surface area (Å²) in [6, 6.07) is 0. The molecule has 0 heterocycles. The van der Waals surface area contributed by atoms with Crippen LogP contribution in [-0.4, -0.2) is 17.9 Å². The lowest BCUT2D eigenvalue weighted by atomic mass is 9.70. The number of carbonyl (C=O) groups excluding carboxylic acids is 2. The number of ether oxygens (including phenoxy) is 1. The van der Waals surface area contributed by atoms with E-state index in [1.165, 1.54) is 12.5 Å². The molecule has 1 saturated carbocycles. The molecule has 0 aromatic rings. The molecule has 0 saturated heterocycles. The van der Waals surface area contributed by atoms with E-state index >= 15 is 0 Å². The molecular formula is C22H32O3. The molecule has 4 atom stereocenters. The molecule has 0 aliphatic heterocycles. The van der Waals surface area contributed by atoms with E-state index in [1.807, 2.05) is 6.92 Å². The van der Waals surface area contributed by atoms with Crippen LogP contribution in [-0.2, 0) is 14.3 Å². The molecular weight excluding hydrogens is 312 g/mol. The fraction of sp³-hybridized carbons (Fsp3) is 0.636. The van der Waals surface area contributed by atoms with Crippen molar-refractivity contribution in [2.75, 3.05) is 0 Å². The second kappa shape index (κ2) is 7.72. The van der Waals surface area contributed by atoms with E-state index in [2.05, 4.69) is 39.5 Å². The maximum absolute atomic E-state index is 12.9. The van der Waals surface area contributed by atoms with Crippen molar-refractivity contribution in [3.63, 3.8) is 0 Å². The first-order valence-corrected chi connectivity index (χ1v) is 9.33. The summed E-state index contributed by atoms with van der Waals surface area (Å²) in [6.07, 6.45) is 8.07. The number of esters is 1. The van der Waals surface area contributed by atoms with Crippen molar-refractivity contribution >= 4 is 11.8 Å². The van der Waals surface area contributed by atoms with Gasteiger partial charge in [0.15, 0.2) is 0 Å². The van der Waals surface area contributed by atoms with Crippen molar-refractivity contribution in [2.24, 2.45) is 17.3 Å². The Morgan fingerprint density at radius 3 is 2.56 bits per heavy atom. The van der Waals surface area contributed by atoms with Crippen LogP contribution in [0.2, 0.25) is 0 Å². The molecule has 3 nitrogen and oxygen atoms in total. The third-order valence-electron chi connectivity index (χ3n) is 6.17. The normalized spacial score (nSPS) is 33.6. The summed E-state index contributed by atoms with van der Waals surface area (Å²) in [5, 5.41) is 0. The van der Waals surface area contributed by atoms with E-state index in [9.17, 15) is 9.59 Å². The Morgan fingerprint density at radius 2 is 1.96 bits per heavy atom. The predicted molar refractivity (Wildman–Crippen MR) is 101 cm³/mol. The number of ketones is 1. The number of allylic oxidation sites excluding steroid dienone is 3. The summed E-state index contributed by atoms with van der Waals surface area (Å²) >= 11 is 0. The Labute approximate surface area is 152 Å². The topological polar surface area (TPSA) is 43.4 Å². The first kappa shape index (κ1) is 19.7. The molecule has 0 N–H and O–H groups in total. The van der Waals surface area contributed by atoms with Gasteiger partial charge in [0.05, 0.1) is 0 Å². The SMILES string of the molecule is C=C(C)C1CC(=O)C2(C)CC=C(C)C(OC(C)=O)CC=C(C)CCC12. The largest absolute Gasteiger partial charge is 0.458 e. The monoisotopic (exact) mass is 344 g/mol. The summed E-state index contributed by atoms with van der Waals surface area (Å²) in [6.45, 7) is 13.9. The van der Waals surface area contributed by atoms with Crippen molar-refractivity contribution < 1.29 is 14.3 Å². The molecule has 138 valence electrons. The van der Waals surface area contributed by atoms with Gasteiger partial charge < -0.3 is 4.74 Å². The van der Waals surface area contributed by atoms with Crippen molar-refractivity contribution in [1.82, 2.24) is 0 Å². The van der Waals surface area contributed by atoms with Crippen LogP contribution in [0, 0.1) is 17.3 Å². The molecule has 0 aromatic carbocycles. The van der Waals surface area contributed by atoms with Crippen molar-refractivity contribution in [3.05, 3.63) is 35.5 Å². The summed E-state index contributed by atoms with van der Waals surface area (Å²) in [5.74, 6) is 0.695. The molecule has 0 bridgehead atoms. The minimum absolute atomic E-state index is 0.235. The molecule has 0 radical (unpaired) electrons. The Kier molecular flexibility index (Phi) is 6.08. The van der Waals surface area contributed by atoms with Crippen LogP contribution in [0.1, 0.15) is 66.7 Å². The van der Waals surface area contributed by atoms with Gasteiger partial charge in [-0.05, 0) is 57.4 Å². The van der Waals surface area contributed by atoms with Crippen molar-refractivity contribution in [1.29, 1.82) is 0 Å². The number of rotatable bonds is 2. The van der Waals surface area contributed by atoms with E-state index < -0.39 is 0 Å². The number of hydrogen-bond acceptors (Lipinski definition) is 3. The number of carbonyl (C=O) groups is 2. The lowest BCUT2D eigenvalue weighted by Gasteiger charge is -2.33. The highest BCUT2D eigenvalue weighted by Gasteiger charge is 2.50. The molecule has 2 aliphatic carbocycles. The zero-order valence-corrected chi connectivity index (χ0v) is 16.4. The highest BCUT2D eigenvalue weighted by Crippen LogP contribution is 2.51. The molecule has 1 fully saturated rings. The average Bonchev–Trinajstić information content (AvgIpc) is 2.77. The average molecular weight is 344 g/mol. The molecule has 3 heteroatoms. The first-order chi connectivity index (χ1) is 11.6. The van der Waals surface area contributed by atoms with Gasteiger partial charge in [-0.25, -0.2) is 0 Å². The fourth-order valence-electron chi connectivity index (χ4n) is 4.35. The summed E-state index contributed by atoms with van der Waals surface area (Å²) in [7, 11) is 0. The summed E-state index contributed by atoms with van der Waals surface area (Å²) in [5.41, 5.74) is 3.11. The van der Waals surface area contributed by atoms with Gasteiger partial charge in [-0.3, -0.25) is 9.59 Å². The van der Waals surface area contributed by atoms with Crippen LogP contribution < -0.4 is 0 Å². The fourth-order valence-corrected chi connectivity index (χ4v) is 4.35. The van der Waals surface area contributed by atoms with Gasteiger partial charge in [0.2, 0.25) is 0 Å². The second-order valence-electron chi connectivity index (χ2n) is 8.18. The molecule has 2 aliphatic rings. The molecule has 0 spiro atoms. The number of fused-ring (bicyclic) bond motifs is 1. The lowest BCUT2D eigenvalue weighted by molar-refractivity contribution is -0.144. The van der Waals surface area contributed by atoms with Crippen LogP contribution in [0.3, 0.4) is 0 Å². The van der Waals surface area contributed by atoms with Crippen molar-refractivity contribution in [3.8, 4) is 0 Å². The van der Waals surface area contributed by atoms with E-state index in [0.29, 0.717) is 31.0 Å². The number of Topliss-reactive ketones (excluding diaryl/α,β-unsaturated/α-hetero) is 1. The van der Waals surface area contributed by atoms with Gasteiger partial charge in [0.25, 0.3) is 0 Å². The lowest BCUT2D eigenvalue weighted by Crippen LogP contribution is -2.30. The van der Waals surface area contributed by atoms with E-state index in [0.717, 1.165) is 24.0 Å². The van der Waals surface area contributed by atoms with Crippen LogP contribution in [0.15, 0.2) is 35.5 Å². The van der Waals surface area contributed by atoms with E-state index in [1.54, 1.807) is 0 Å². The van der Waals surface area contributed by atoms with Gasteiger partial charge in [0.1, 0.15) is 11.9 Å².